The number of aliphatic imine (C=N–C) groups is 1. The number of nitrogens with one attached hydrogen (secondary N) is 3. The minimum absolute atomic E-state index is 0.0790. The molecule has 1 saturated heterocycles. The van der Waals surface area contributed by atoms with Gasteiger partial charge in [0.15, 0.2) is 5.96 Å². The van der Waals surface area contributed by atoms with Gasteiger partial charge in [-0.3, -0.25) is 9.79 Å². The van der Waals surface area contributed by atoms with Crippen LogP contribution in [0.4, 0.5) is 0 Å². The van der Waals surface area contributed by atoms with Gasteiger partial charge in [0.1, 0.15) is 0 Å². The van der Waals surface area contributed by atoms with Crippen molar-refractivity contribution < 1.29 is 13.2 Å². The molecule has 0 atom stereocenters. The Morgan fingerprint density at radius 2 is 1.92 bits per heavy atom. The predicted molar refractivity (Wildman–Crippen MR) is 96.4 cm³/mol. The molecule has 1 rings (SSSR count). The fourth-order valence-electron chi connectivity index (χ4n) is 2.60. The molecule has 0 aromatic heterocycles. The van der Waals surface area contributed by atoms with Crippen LogP contribution in [0.3, 0.4) is 0 Å². The first-order valence-electron chi connectivity index (χ1n) is 8.63. The number of carbonyl (C=O) groups excluding carboxylic acids is 1. The van der Waals surface area contributed by atoms with E-state index in [9.17, 15) is 13.2 Å². The summed E-state index contributed by atoms with van der Waals surface area (Å²) in [6, 6.07) is 0. The molecule has 1 aliphatic rings. The average molecular weight is 362 g/mol. The molecule has 140 valence electrons. The highest BCUT2D eigenvalue weighted by atomic mass is 32.2. The molecule has 0 spiro atoms. The number of hydrogen-bond donors (Lipinski definition) is 3. The highest BCUT2D eigenvalue weighted by Crippen LogP contribution is 2.20. The molecule has 0 unspecified atom stereocenters. The Kier molecular flexibility index (Phi) is 9.05. The standard InChI is InChI=1S/C15H31N5O3S/c1-4-17-15(18-8-9-19-24(22,23)5-2)20-10-6-13(7-11-20)12-14(21)16-3/h13,19H,4-12H2,1-3H3,(H,16,21)(H,17,18). The van der Waals surface area contributed by atoms with E-state index in [1.54, 1.807) is 14.0 Å². The van der Waals surface area contributed by atoms with Crippen LogP contribution in [-0.4, -0.2) is 70.7 Å². The zero-order valence-electron chi connectivity index (χ0n) is 15.0. The third-order valence-electron chi connectivity index (χ3n) is 4.08. The van der Waals surface area contributed by atoms with Crippen LogP contribution >= 0.6 is 0 Å². The van der Waals surface area contributed by atoms with Gasteiger partial charge in [-0.05, 0) is 32.6 Å². The SMILES string of the molecule is CCNC(=NCCNS(=O)(=O)CC)N1CCC(CC(=O)NC)CC1. The number of sulfonamides is 1. The smallest absolute Gasteiger partial charge is 0.220 e. The maximum absolute atomic E-state index is 11.5. The minimum atomic E-state index is -3.17. The zero-order valence-corrected chi connectivity index (χ0v) is 15.8. The van der Waals surface area contributed by atoms with Crippen molar-refractivity contribution >= 4 is 21.9 Å². The Bertz CT molecular complexity index is 513. The van der Waals surface area contributed by atoms with E-state index in [-0.39, 0.29) is 11.7 Å². The van der Waals surface area contributed by atoms with Gasteiger partial charge < -0.3 is 15.5 Å². The minimum Gasteiger partial charge on any atom is -0.359 e. The van der Waals surface area contributed by atoms with E-state index >= 15 is 0 Å². The average Bonchev–Trinajstić information content (AvgIpc) is 2.58. The van der Waals surface area contributed by atoms with Gasteiger partial charge in [-0.15, -0.1) is 0 Å². The monoisotopic (exact) mass is 361 g/mol. The summed E-state index contributed by atoms with van der Waals surface area (Å²) in [5.41, 5.74) is 0. The number of piperidine rings is 1. The number of guanidine groups is 1. The van der Waals surface area contributed by atoms with Crippen LogP contribution in [0.2, 0.25) is 0 Å². The van der Waals surface area contributed by atoms with Gasteiger partial charge in [-0.1, -0.05) is 0 Å². The highest BCUT2D eigenvalue weighted by Gasteiger charge is 2.23. The highest BCUT2D eigenvalue weighted by molar-refractivity contribution is 7.89. The molecule has 3 N–H and O–H groups in total. The van der Waals surface area contributed by atoms with Gasteiger partial charge in [0, 0.05) is 39.6 Å². The van der Waals surface area contributed by atoms with E-state index in [0.717, 1.165) is 38.4 Å². The summed E-state index contributed by atoms with van der Waals surface area (Å²) in [6.07, 6.45) is 2.50. The summed E-state index contributed by atoms with van der Waals surface area (Å²) in [6.45, 7) is 6.80. The van der Waals surface area contributed by atoms with Crippen LogP contribution in [0, 0.1) is 5.92 Å². The quantitative estimate of drug-likeness (QED) is 0.314. The van der Waals surface area contributed by atoms with Crippen molar-refractivity contribution in [2.75, 3.05) is 45.5 Å². The van der Waals surface area contributed by atoms with Crippen LogP contribution in [0.5, 0.6) is 0 Å². The third-order valence-corrected chi connectivity index (χ3v) is 5.48. The molecular formula is C15H31N5O3S. The van der Waals surface area contributed by atoms with Crippen molar-refractivity contribution in [2.45, 2.75) is 33.1 Å². The van der Waals surface area contributed by atoms with Crippen LogP contribution in [0.15, 0.2) is 4.99 Å². The summed E-state index contributed by atoms with van der Waals surface area (Å²) in [4.78, 5) is 18.1. The molecule has 0 saturated carbocycles. The second-order valence-corrected chi connectivity index (χ2v) is 7.94. The van der Waals surface area contributed by atoms with E-state index in [2.05, 4.69) is 25.2 Å². The van der Waals surface area contributed by atoms with Crippen molar-refractivity contribution in [3.05, 3.63) is 0 Å². The second-order valence-electron chi connectivity index (χ2n) is 5.84. The molecule has 1 amide bonds. The molecular weight excluding hydrogens is 330 g/mol. The first kappa shape index (κ1) is 20.7. The normalized spacial score (nSPS) is 17.0. The fourth-order valence-corrected chi connectivity index (χ4v) is 3.21. The second kappa shape index (κ2) is 10.5. The Morgan fingerprint density at radius 1 is 1.25 bits per heavy atom. The maximum atomic E-state index is 11.5. The summed E-state index contributed by atoms with van der Waals surface area (Å²) in [5.74, 6) is 1.40. The summed E-state index contributed by atoms with van der Waals surface area (Å²) in [7, 11) is -1.50. The van der Waals surface area contributed by atoms with E-state index in [1.165, 1.54) is 0 Å². The molecule has 0 aliphatic carbocycles. The van der Waals surface area contributed by atoms with E-state index in [4.69, 9.17) is 0 Å². The molecule has 8 nitrogen and oxygen atoms in total. The Hall–Kier alpha value is -1.35. The molecule has 9 heteroatoms. The Morgan fingerprint density at radius 3 is 2.46 bits per heavy atom. The topological polar surface area (TPSA) is 103 Å². The zero-order chi connectivity index (χ0) is 18.0. The lowest BCUT2D eigenvalue weighted by molar-refractivity contribution is -0.121. The summed E-state index contributed by atoms with van der Waals surface area (Å²) < 4.78 is 25.3. The Balaban J connectivity index is 2.48. The number of hydrogen-bond acceptors (Lipinski definition) is 4. The lowest BCUT2D eigenvalue weighted by atomic mass is 9.93. The summed E-state index contributed by atoms with van der Waals surface area (Å²) >= 11 is 0. The lowest BCUT2D eigenvalue weighted by Crippen LogP contribution is -2.46. The van der Waals surface area contributed by atoms with Crippen LogP contribution in [-0.2, 0) is 14.8 Å². The van der Waals surface area contributed by atoms with Gasteiger partial charge in [-0.25, -0.2) is 13.1 Å². The van der Waals surface area contributed by atoms with Crippen LogP contribution in [0.1, 0.15) is 33.1 Å². The summed E-state index contributed by atoms with van der Waals surface area (Å²) in [5, 5.41) is 5.92. The molecule has 0 aromatic carbocycles. The number of rotatable bonds is 8. The maximum Gasteiger partial charge on any atom is 0.220 e. The van der Waals surface area contributed by atoms with Gasteiger partial charge >= 0.3 is 0 Å². The third kappa shape index (κ3) is 7.48. The Labute approximate surface area is 145 Å². The molecule has 1 aliphatic heterocycles. The van der Waals surface area contributed by atoms with Gasteiger partial charge in [0.05, 0.1) is 12.3 Å². The van der Waals surface area contributed by atoms with Gasteiger partial charge in [0.25, 0.3) is 0 Å². The number of likely N-dealkylation sites (tertiary alicyclic amines) is 1. The fraction of sp³-hybridized carbons (Fsp3) is 0.867. The lowest BCUT2D eigenvalue weighted by Gasteiger charge is -2.34. The van der Waals surface area contributed by atoms with Crippen molar-refractivity contribution in [2.24, 2.45) is 10.9 Å². The van der Waals surface area contributed by atoms with Gasteiger partial charge in [0.2, 0.25) is 15.9 Å². The largest absolute Gasteiger partial charge is 0.359 e. The number of carbonyl (C=O) groups is 1. The van der Waals surface area contributed by atoms with E-state index in [1.807, 2.05) is 6.92 Å². The van der Waals surface area contributed by atoms with Crippen molar-refractivity contribution in [1.29, 1.82) is 0 Å². The number of amides is 1. The van der Waals surface area contributed by atoms with Gasteiger partial charge in [-0.2, -0.15) is 0 Å². The van der Waals surface area contributed by atoms with Crippen LogP contribution in [0.25, 0.3) is 0 Å². The van der Waals surface area contributed by atoms with Crippen molar-refractivity contribution in [1.82, 2.24) is 20.3 Å². The van der Waals surface area contributed by atoms with Crippen LogP contribution < -0.4 is 15.4 Å². The molecule has 0 bridgehead atoms. The van der Waals surface area contributed by atoms with E-state index in [0.29, 0.717) is 25.4 Å². The molecule has 24 heavy (non-hydrogen) atoms. The van der Waals surface area contributed by atoms with E-state index < -0.39 is 10.0 Å². The molecule has 1 fully saturated rings. The first-order chi connectivity index (χ1) is 11.4. The first-order valence-corrected chi connectivity index (χ1v) is 10.3. The van der Waals surface area contributed by atoms with Crippen molar-refractivity contribution in [3.63, 3.8) is 0 Å². The van der Waals surface area contributed by atoms with Crippen molar-refractivity contribution in [3.8, 4) is 0 Å². The number of nitrogens with zero attached hydrogens (tertiary/aromatic N) is 2. The predicted octanol–water partition coefficient (Wildman–Crippen LogP) is -0.261. The molecule has 1 heterocycles. The molecule has 0 aromatic rings. The molecule has 0 radical (unpaired) electrons.